The fourth-order valence-corrected chi connectivity index (χ4v) is 4.01. The van der Waals surface area contributed by atoms with E-state index in [1.165, 1.54) is 16.7 Å². The van der Waals surface area contributed by atoms with E-state index >= 15 is 0 Å². The van der Waals surface area contributed by atoms with Crippen LogP contribution in [0, 0.1) is 0 Å². The minimum absolute atomic E-state index is 0.357. The smallest absolute Gasteiger partial charge is 0.127 e. The average molecular weight is 333 g/mol. The van der Waals surface area contributed by atoms with Crippen LogP contribution in [0.3, 0.4) is 0 Å². The summed E-state index contributed by atoms with van der Waals surface area (Å²) in [5.74, 6) is 2.08. The summed E-state index contributed by atoms with van der Waals surface area (Å²) >= 11 is 0. The summed E-state index contributed by atoms with van der Waals surface area (Å²) in [5, 5.41) is 3.61. The van der Waals surface area contributed by atoms with Crippen molar-refractivity contribution in [3.05, 3.63) is 22.8 Å². The van der Waals surface area contributed by atoms with Gasteiger partial charge in [0.25, 0.3) is 0 Å². The Morgan fingerprint density at radius 2 is 1.92 bits per heavy atom. The van der Waals surface area contributed by atoms with Crippen molar-refractivity contribution in [2.75, 3.05) is 54.0 Å². The second-order valence-electron chi connectivity index (χ2n) is 6.91. The normalized spacial score (nSPS) is 22.2. The Morgan fingerprint density at radius 3 is 2.54 bits per heavy atom. The van der Waals surface area contributed by atoms with Crippen LogP contribution in [-0.2, 0) is 13.0 Å². The van der Waals surface area contributed by atoms with Crippen molar-refractivity contribution in [3.8, 4) is 11.5 Å². The molecule has 1 aromatic carbocycles. The summed E-state index contributed by atoms with van der Waals surface area (Å²) in [4.78, 5) is 4.90. The van der Waals surface area contributed by atoms with E-state index in [2.05, 4.69) is 35.2 Å². The van der Waals surface area contributed by atoms with Gasteiger partial charge in [0.05, 0.1) is 14.2 Å². The molecule has 0 amide bonds. The van der Waals surface area contributed by atoms with Gasteiger partial charge < -0.3 is 19.7 Å². The number of ether oxygens (including phenoxy) is 2. The third-order valence-electron chi connectivity index (χ3n) is 5.40. The minimum atomic E-state index is 0.357. The van der Waals surface area contributed by atoms with E-state index in [4.69, 9.17) is 9.47 Å². The number of rotatable bonds is 5. The van der Waals surface area contributed by atoms with Gasteiger partial charge in [-0.05, 0) is 32.5 Å². The Hall–Kier alpha value is -1.30. The fraction of sp³-hybridized carbons (Fsp3) is 0.684. The molecule has 1 N–H and O–H groups in total. The highest BCUT2D eigenvalue weighted by Gasteiger charge is 2.28. The highest BCUT2D eigenvalue weighted by molar-refractivity contribution is 5.56. The average Bonchev–Trinajstić information content (AvgIpc) is 2.62. The molecule has 1 aromatic rings. The fourth-order valence-electron chi connectivity index (χ4n) is 4.01. The van der Waals surface area contributed by atoms with Crippen LogP contribution in [-0.4, -0.2) is 63.8 Å². The first-order chi connectivity index (χ1) is 11.7. The molecule has 0 radical (unpaired) electrons. The molecule has 0 aromatic heterocycles. The van der Waals surface area contributed by atoms with Gasteiger partial charge in [-0.3, -0.25) is 4.90 Å². The van der Waals surface area contributed by atoms with E-state index in [1.807, 2.05) is 0 Å². The standard InChI is InChI=1S/C19H31N3O2/c1-5-16-18-15(6-7-20-16)19(24-4)14(12-17(18)23-3)13-22-10-8-21(2)9-11-22/h12,16,20H,5-11,13H2,1-4H3. The van der Waals surface area contributed by atoms with Crippen LogP contribution in [0.1, 0.15) is 36.1 Å². The molecule has 3 rings (SSSR count). The molecule has 1 atom stereocenters. The quantitative estimate of drug-likeness (QED) is 0.892. The topological polar surface area (TPSA) is 37.0 Å². The molecule has 0 spiro atoms. The summed E-state index contributed by atoms with van der Waals surface area (Å²) < 4.78 is 11.6. The molecule has 5 heteroatoms. The van der Waals surface area contributed by atoms with Crippen LogP contribution in [0.4, 0.5) is 0 Å². The maximum absolute atomic E-state index is 5.88. The van der Waals surface area contributed by atoms with Gasteiger partial charge in [-0.15, -0.1) is 0 Å². The molecule has 5 nitrogen and oxygen atoms in total. The summed E-state index contributed by atoms with van der Waals surface area (Å²) in [6.45, 7) is 8.64. The van der Waals surface area contributed by atoms with Crippen molar-refractivity contribution in [1.82, 2.24) is 15.1 Å². The molecule has 1 fully saturated rings. The van der Waals surface area contributed by atoms with E-state index in [9.17, 15) is 0 Å². The first kappa shape index (κ1) is 17.5. The molecular formula is C19H31N3O2. The van der Waals surface area contributed by atoms with Crippen molar-refractivity contribution < 1.29 is 9.47 Å². The van der Waals surface area contributed by atoms with Crippen molar-refractivity contribution in [2.45, 2.75) is 32.4 Å². The van der Waals surface area contributed by atoms with Gasteiger partial charge in [0.1, 0.15) is 11.5 Å². The lowest BCUT2D eigenvalue weighted by Crippen LogP contribution is -2.44. The molecule has 134 valence electrons. The number of benzene rings is 1. The zero-order chi connectivity index (χ0) is 17.1. The van der Waals surface area contributed by atoms with Crippen molar-refractivity contribution in [1.29, 1.82) is 0 Å². The van der Waals surface area contributed by atoms with Gasteiger partial charge in [0.2, 0.25) is 0 Å². The van der Waals surface area contributed by atoms with Crippen LogP contribution in [0.2, 0.25) is 0 Å². The first-order valence-corrected chi connectivity index (χ1v) is 9.08. The van der Waals surface area contributed by atoms with E-state index < -0.39 is 0 Å². The Kier molecular flexibility index (Phi) is 5.64. The summed E-state index contributed by atoms with van der Waals surface area (Å²) in [7, 11) is 5.78. The lowest BCUT2D eigenvalue weighted by molar-refractivity contribution is 0.147. The molecule has 1 unspecified atom stereocenters. The van der Waals surface area contributed by atoms with Gasteiger partial charge in [-0.1, -0.05) is 6.92 Å². The van der Waals surface area contributed by atoms with Crippen molar-refractivity contribution in [2.24, 2.45) is 0 Å². The van der Waals surface area contributed by atoms with E-state index in [0.717, 1.165) is 63.6 Å². The molecular weight excluding hydrogens is 302 g/mol. The second kappa shape index (κ2) is 7.72. The van der Waals surface area contributed by atoms with E-state index in [1.54, 1.807) is 14.2 Å². The Labute approximate surface area is 145 Å². The Balaban J connectivity index is 1.94. The highest BCUT2D eigenvalue weighted by atomic mass is 16.5. The van der Waals surface area contributed by atoms with Crippen LogP contribution in [0.25, 0.3) is 0 Å². The van der Waals surface area contributed by atoms with Crippen LogP contribution in [0.15, 0.2) is 6.07 Å². The largest absolute Gasteiger partial charge is 0.496 e. The molecule has 0 aliphatic carbocycles. The molecule has 2 heterocycles. The van der Waals surface area contributed by atoms with Crippen molar-refractivity contribution in [3.63, 3.8) is 0 Å². The molecule has 2 aliphatic rings. The molecule has 0 bridgehead atoms. The van der Waals surface area contributed by atoms with Crippen LogP contribution in [0.5, 0.6) is 11.5 Å². The number of nitrogens with zero attached hydrogens (tertiary/aromatic N) is 2. The lowest BCUT2D eigenvalue weighted by Gasteiger charge is -2.34. The Bertz CT molecular complexity index is 568. The summed E-state index contributed by atoms with van der Waals surface area (Å²) in [6, 6.07) is 2.56. The van der Waals surface area contributed by atoms with Gasteiger partial charge >= 0.3 is 0 Å². The minimum Gasteiger partial charge on any atom is -0.496 e. The van der Waals surface area contributed by atoms with Gasteiger partial charge in [-0.2, -0.15) is 0 Å². The predicted octanol–water partition coefficient (Wildman–Crippen LogP) is 2.05. The Morgan fingerprint density at radius 1 is 1.17 bits per heavy atom. The van der Waals surface area contributed by atoms with Crippen LogP contribution < -0.4 is 14.8 Å². The number of fused-ring (bicyclic) bond motifs is 1. The number of hydrogen-bond donors (Lipinski definition) is 1. The maximum Gasteiger partial charge on any atom is 0.127 e. The SMILES string of the molecule is CCC1NCCc2c(OC)c(CN3CCN(C)CC3)cc(OC)c21. The van der Waals surface area contributed by atoms with Gasteiger partial charge in [0.15, 0.2) is 0 Å². The van der Waals surface area contributed by atoms with E-state index in [-0.39, 0.29) is 0 Å². The highest BCUT2D eigenvalue weighted by Crippen LogP contribution is 2.41. The van der Waals surface area contributed by atoms with Gasteiger partial charge in [-0.25, -0.2) is 0 Å². The third-order valence-corrected chi connectivity index (χ3v) is 5.40. The molecule has 1 saturated heterocycles. The van der Waals surface area contributed by atoms with Crippen LogP contribution >= 0.6 is 0 Å². The number of piperazine rings is 1. The summed E-state index contributed by atoms with van der Waals surface area (Å²) in [5.41, 5.74) is 3.89. The number of nitrogens with one attached hydrogen (secondary N) is 1. The van der Waals surface area contributed by atoms with Crippen molar-refractivity contribution >= 4 is 0 Å². The molecule has 2 aliphatic heterocycles. The predicted molar refractivity (Wildman–Crippen MR) is 97.1 cm³/mol. The number of likely N-dealkylation sites (N-methyl/N-ethyl adjacent to an activating group) is 1. The maximum atomic E-state index is 5.88. The van der Waals surface area contributed by atoms with E-state index in [0.29, 0.717) is 6.04 Å². The number of methoxy groups -OCH3 is 2. The molecule has 0 saturated carbocycles. The number of hydrogen-bond acceptors (Lipinski definition) is 5. The first-order valence-electron chi connectivity index (χ1n) is 9.08. The summed E-state index contributed by atoms with van der Waals surface area (Å²) in [6.07, 6.45) is 2.06. The zero-order valence-electron chi connectivity index (χ0n) is 15.5. The lowest BCUT2D eigenvalue weighted by atomic mass is 9.89. The monoisotopic (exact) mass is 333 g/mol. The third kappa shape index (κ3) is 3.39. The zero-order valence-corrected chi connectivity index (χ0v) is 15.5. The molecule has 24 heavy (non-hydrogen) atoms. The second-order valence-corrected chi connectivity index (χ2v) is 6.91. The van der Waals surface area contributed by atoms with Gasteiger partial charge in [0, 0.05) is 55.5 Å².